The molecule has 2 nitrogen and oxygen atoms in total. The Balaban J connectivity index is 1.74. The highest BCUT2D eigenvalue weighted by Crippen LogP contribution is 2.28. The standard InChI is InChI=1S/C22H25NO/c1-16-7-5-12-22(17(16)2)24-14-13-19(15-23)21-11-6-9-18-8-3-4-10-20(18)21/h3-12,19H,13-15,23H2,1-2H3. The van der Waals surface area contributed by atoms with Gasteiger partial charge in [0.1, 0.15) is 5.75 Å². The SMILES string of the molecule is Cc1cccc(OCCC(CN)c2cccc3ccccc23)c1C. The number of ether oxygens (including phenoxy) is 1. The molecule has 0 fully saturated rings. The van der Waals surface area contributed by atoms with E-state index >= 15 is 0 Å². The van der Waals surface area contributed by atoms with Gasteiger partial charge < -0.3 is 10.5 Å². The summed E-state index contributed by atoms with van der Waals surface area (Å²) < 4.78 is 6.03. The van der Waals surface area contributed by atoms with Crippen molar-refractivity contribution in [1.29, 1.82) is 0 Å². The van der Waals surface area contributed by atoms with Gasteiger partial charge in [-0.3, -0.25) is 0 Å². The van der Waals surface area contributed by atoms with Crippen LogP contribution in [0.1, 0.15) is 29.0 Å². The van der Waals surface area contributed by atoms with Crippen LogP contribution in [0.15, 0.2) is 60.7 Å². The molecule has 24 heavy (non-hydrogen) atoms. The molecule has 0 aliphatic heterocycles. The van der Waals surface area contributed by atoms with E-state index in [1.165, 1.54) is 27.5 Å². The van der Waals surface area contributed by atoms with Crippen LogP contribution in [0.2, 0.25) is 0 Å². The molecule has 3 rings (SSSR count). The molecule has 0 saturated carbocycles. The third-order valence-electron chi connectivity index (χ3n) is 4.83. The fourth-order valence-electron chi connectivity index (χ4n) is 3.20. The largest absolute Gasteiger partial charge is 0.493 e. The normalized spacial score (nSPS) is 12.3. The van der Waals surface area contributed by atoms with Crippen molar-refractivity contribution in [1.82, 2.24) is 0 Å². The van der Waals surface area contributed by atoms with Crippen LogP contribution in [-0.2, 0) is 0 Å². The van der Waals surface area contributed by atoms with E-state index in [0.717, 1.165) is 12.2 Å². The van der Waals surface area contributed by atoms with Gasteiger partial charge in [0.05, 0.1) is 6.61 Å². The molecule has 3 aromatic carbocycles. The lowest BCUT2D eigenvalue weighted by Gasteiger charge is -2.18. The predicted octanol–water partition coefficient (Wildman–Crippen LogP) is 4.97. The molecule has 1 unspecified atom stereocenters. The highest BCUT2D eigenvalue weighted by molar-refractivity contribution is 5.86. The van der Waals surface area contributed by atoms with Crippen molar-refractivity contribution in [2.75, 3.05) is 13.2 Å². The Morgan fingerprint density at radius 1 is 0.917 bits per heavy atom. The maximum absolute atomic E-state index is 6.07. The molecule has 0 aliphatic rings. The summed E-state index contributed by atoms with van der Waals surface area (Å²) >= 11 is 0. The number of hydrogen-bond donors (Lipinski definition) is 1. The molecule has 2 N–H and O–H groups in total. The van der Waals surface area contributed by atoms with Gasteiger partial charge in [0.15, 0.2) is 0 Å². The number of fused-ring (bicyclic) bond motifs is 1. The van der Waals surface area contributed by atoms with Crippen molar-refractivity contribution < 1.29 is 4.74 Å². The molecule has 3 aromatic rings. The average Bonchev–Trinajstić information content (AvgIpc) is 2.62. The van der Waals surface area contributed by atoms with E-state index in [4.69, 9.17) is 10.5 Å². The Morgan fingerprint density at radius 3 is 2.50 bits per heavy atom. The van der Waals surface area contributed by atoms with E-state index in [2.05, 4.69) is 62.4 Å². The minimum Gasteiger partial charge on any atom is -0.493 e. The fourth-order valence-corrected chi connectivity index (χ4v) is 3.20. The van der Waals surface area contributed by atoms with Crippen LogP contribution >= 0.6 is 0 Å². The first-order chi connectivity index (χ1) is 11.7. The zero-order chi connectivity index (χ0) is 16.9. The Labute approximate surface area is 144 Å². The molecule has 0 aliphatic carbocycles. The highest BCUT2D eigenvalue weighted by Gasteiger charge is 2.13. The summed E-state index contributed by atoms with van der Waals surface area (Å²) in [5.41, 5.74) is 9.87. The molecule has 0 heterocycles. The zero-order valence-electron chi connectivity index (χ0n) is 14.5. The fraction of sp³-hybridized carbons (Fsp3) is 0.273. The van der Waals surface area contributed by atoms with E-state index in [1.54, 1.807) is 0 Å². The first-order valence-electron chi connectivity index (χ1n) is 8.57. The van der Waals surface area contributed by atoms with Crippen LogP contribution in [0.3, 0.4) is 0 Å². The van der Waals surface area contributed by atoms with Gasteiger partial charge in [0.2, 0.25) is 0 Å². The van der Waals surface area contributed by atoms with Crippen LogP contribution in [0, 0.1) is 13.8 Å². The summed E-state index contributed by atoms with van der Waals surface area (Å²) in [5.74, 6) is 1.28. The summed E-state index contributed by atoms with van der Waals surface area (Å²) in [7, 11) is 0. The molecule has 0 radical (unpaired) electrons. The molecule has 2 heteroatoms. The van der Waals surface area contributed by atoms with Crippen LogP contribution in [0.4, 0.5) is 0 Å². The van der Waals surface area contributed by atoms with Crippen molar-refractivity contribution in [2.24, 2.45) is 5.73 Å². The number of rotatable bonds is 6. The van der Waals surface area contributed by atoms with Gasteiger partial charge in [-0.1, -0.05) is 54.6 Å². The third-order valence-corrected chi connectivity index (χ3v) is 4.83. The summed E-state index contributed by atoms with van der Waals surface area (Å²) in [6, 6.07) is 21.2. The second-order valence-corrected chi connectivity index (χ2v) is 6.34. The van der Waals surface area contributed by atoms with Crippen molar-refractivity contribution in [3.8, 4) is 5.75 Å². The van der Waals surface area contributed by atoms with E-state index in [0.29, 0.717) is 19.1 Å². The second-order valence-electron chi connectivity index (χ2n) is 6.34. The number of nitrogens with two attached hydrogens (primary N) is 1. The molecule has 0 spiro atoms. The van der Waals surface area contributed by atoms with Crippen molar-refractivity contribution >= 4 is 10.8 Å². The minimum atomic E-state index is 0.307. The lowest BCUT2D eigenvalue weighted by molar-refractivity contribution is 0.296. The van der Waals surface area contributed by atoms with Gasteiger partial charge in [-0.15, -0.1) is 0 Å². The summed E-state index contributed by atoms with van der Waals surface area (Å²) in [6.07, 6.45) is 0.915. The topological polar surface area (TPSA) is 35.2 Å². The summed E-state index contributed by atoms with van der Waals surface area (Å²) in [6.45, 7) is 5.52. The first-order valence-corrected chi connectivity index (χ1v) is 8.57. The van der Waals surface area contributed by atoms with Crippen LogP contribution in [0.5, 0.6) is 5.75 Å². The maximum atomic E-state index is 6.07. The second kappa shape index (κ2) is 7.50. The zero-order valence-corrected chi connectivity index (χ0v) is 14.5. The van der Waals surface area contributed by atoms with Gasteiger partial charge in [0, 0.05) is 0 Å². The molecule has 0 aromatic heterocycles. The molecule has 0 bridgehead atoms. The maximum Gasteiger partial charge on any atom is 0.122 e. The van der Waals surface area contributed by atoms with Gasteiger partial charge in [0.25, 0.3) is 0 Å². The van der Waals surface area contributed by atoms with Crippen LogP contribution in [0.25, 0.3) is 10.8 Å². The Bertz CT molecular complexity index is 820. The molecular formula is C22H25NO. The van der Waals surface area contributed by atoms with Gasteiger partial charge >= 0.3 is 0 Å². The minimum absolute atomic E-state index is 0.307. The van der Waals surface area contributed by atoms with Crippen LogP contribution in [-0.4, -0.2) is 13.2 Å². The molecule has 1 atom stereocenters. The van der Waals surface area contributed by atoms with Gasteiger partial charge in [-0.25, -0.2) is 0 Å². The number of benzene rings is 3. The van der Waals surface area contributed by atoms with E-state index in [9.17, 15) is 0 Å². The first kappa shape index (κ1) is 16.5. The molecule has 0 amide bonds. The van der Waals surface area contributed by atoms with E-state index < -0.39 is 0 Å². The van der Waals surface area contributed by atoms with E-state index in [1.807, 2.05) is 12.1 Å². The van der Waals surface area contributed by atoms with Crippen molar-refractivity contribution in [3.63, 3.8) is 0 Å². The van der Waals surface area contributed by atoms with Crippen LogP contribution < -0.4 is 10.5 Å². The highest BCUT2D eigenvalue weighted by atomic mass is 16.5. The Hall–Kier alpha value is -2.32. The predicted molar refractivity (Wildman–Crippen MR) is 102 cm³/mol. The smallest absolute Gasteiger partial charge is 0.122 e. The van der Waals surface area contributed by atoms with Gasteiger partial charge in [-0.2, -0.15) is 0 Å². The van der Waals surface area contributed by atoms with Crippen molar-refractivity contribution in [2.45, 2.75) is 26.2 Å². The summed E-state index contributed by atoms with van der Waals surface area (Å²) in [5, 5.41) is 2.56. The van der Waals surface area contributed by atoms with E-state index in [-0.39, 0.29) is 0 Å². The lowest BCUT2D eigenvalue weighted by Crippen LogP contribution is -2.16. The van der Waals surface area contributed by atoms with Gasteiger partial charge in [-0.05, 0) is 66.3 Å². The molecule has 124 valence electrons. The monoisotopic (exact) mass is 319 g/mol. The average molecular weight is 319 g/mol. The lowest BCUT2D eigenvalue weighted by atomic mass is 9.91. The van der Waals surface area contributed by atoms with Crippen molar-refractivity contribution in [3.05, 3.63) is 77.4 Å². The molecule has 0 saturated heterocycles. The third kappa shape index (κ3) is 3.44. The Morgan fingerprint density at radius 2 is 1.67 bits per heavy atom. The quantitative estimate of drug-likeness (QED) is 0.696. The number of hydrogen-bond acceptors (Lipinski definition) is 2. The summed E-state index contributed by atoms with van der Waals surface area (Å²) in [4.78, 5) is 0. The Kier molecular flexibility index (Phi) is 5.17. The molecular weight excluding hydrogens is 294 g/mol. The number of aryl methyl sites for hydroxylation is 1.